The Bertz CT molecular complexity index is 224. The van der Waals surface area contributed by atoms with Gasteiger partial charge in [-0.25, -0.2) is 8.78 Å². The van der Waals surface area contributed by atoms with Crippen LogP contribution in [0.1, 0.15) is 13.8 Å². The quantitative estimate of drug-likeness (QED) is 0.673. The molecular formula is C10H15F2N. The molecule has 0 radical (unpaired) electrons. The van der Waals surface area contributed by atoms with Crippen LogP contribution in [0.15, 0.2) is 36.6 Å². The van der Waals surface area contributed by atoms with Gasteiger partial charge in [0.25, 0.3) is 5.92 Å². The lowest BCUT2D eigenvalue weighted by molar-refractivity contribution is -0.0142. The van der Waals surface area contributed by atoms with Crippen LogP contribution in [0.5, 0.6) is 0 Å². The zero-order valence-electron chi connectivity index (χ0n) is 7.93. The number of halogens is 2. The standard InChI is InChI=1S/C10H15F2N/c1-4-9(13)7-5-6-8(2)10(3,11)12/h4-8H,1,13H2,2-3H3/b6-5?,9-7+. The summed E-state index contributed by atoms with van der Waals surface area (Å²) < 4.78 is 25.2. The van der Waals surface area contributed by atoms with E-state index in [0.717, 1.165) is 6.92 Å². The highest BCUT2D eigenvalue weighted by Crippen LogP contribution is 2.23. The minimum atomic E-state index is -2.69. The van der Waals surface area contributed by atoms with Gasteiger partial charge in [-0.15, -0.1) is 0 Å². The van der Waals surface area contributed by atoms with Crippen molar-refractivity contribution in [2.24, 2.45) is 11.7 Å². The molecule has 0 saturated carbocycles. The van der Waals surface area contributed by atoms with Crippen molar-refractivity contribution in [2.45, 2.75) is 19.8 Å². The average molecular weight is 187 g/mol. The van der Waals surface area contributed by atoms with Crippen LogP contribution in [0.25, 0.3) is 0 Å². The Kier molecular flexibility index (Phi) is 4.38. The van der Waals surface area contributed by atoms with Gasteiger partial charge in [0.2, 0.25) is 0 Å². The Morgan fingerprint density at radius 2 is 2.08 bits per heavy atom. The van der Waals surface area contributed by atoms with Gasteiger partial charge < -0.3 is 5.73 Å². The summed E-state index contributed by atoms with van der Waals surface area (Å²) in [5.74, 6) is -3.48. The van der Waals surface area contributed by atoms with E-state index in [-0.39, 0.29) is 0 Å². The first-order chi connectivity index (χ1) is 5.88. The Hall–Kier alpha value is -1.12. The lowest BCUT2D eigenvalue weighted by atomic mass is 10.1. The molecule has 13 heavy (non-hydrogen) atoms. The van der Waals surface area contributed by atoms with Gasteiger partial charge in [0, 0.05) is 11.6 Å². The molecule has 74 valence electrons. The molecule has 2 N–H and O–H groups in total. The van der Waals surface area contributed by atoms with Crippen molar-refractivity contribution in [3.8, 4) is 0 Å². The fourth-order valence-corrected chi connectivity index (χ4v) is 0.570. The molecule has 0 aliphatic rings. The maximum Gasteiger partial charge on any atom is 0.251 e. The number of rotatable bonds is 4. The summed E-state index contributed by atoms with van der Waals surface area (Å²) in [6, 6.07) is 0. The summed E-state index contributed by atoms with van der Waals surface area (Å²) in [5.41, 5.74) is 5.83. The van der Waals surface area contributed by atoms with Crippen molar-refractivity contribution in [1.82, 2.24) is 0 Å². The molecule has 3 heteroatoms. The zero-order chi connectivity index (χ0) is 10.5. The van der Waals surface area contributed by atoms with Gasteiger partial charge in [-0.1, -0.05) is 25.7 Å². The fraction of sp³-hybridized carbons (Fsp3) is 0.400. The van der Waals surface area contributed by atoms with Gasteiger partial charge in [-0.05, 0) is 19.1 Å². The number of nitrogens with two attached hydrogens (primary N) is 1. The molecule has 0 bridgehead atoms. The van der Waals surface area contributed by atoms with Crippen molar-refractivity contribution in [2.75, 3.05) is 0 Å². The van der Waals surface area contributed by atoms with E-state index < -0.39 is 11.8 Å². The monoisotopic (exact) mass is 187 g/mol. The molecule has 0 aliphatic carbocycles. The van der Waals surface area contributed by atoms with Crippen LogP contribution in [-0.4, -0.2) is 5.92 Å². The Morgan fingerprint density at radius 3 is 2.46 bits per heavy atom. The lowest BCUT2D eigenvalue weighted by Crippen LogP contribution is -2.19. The number of alkyl halides is 2. The summed E-state index contributed by atoms with van der Waals surface area (Å²) >= 11 is 0. The van der Waals surface area contributed by atoms with Crippen LogP contribution in [0, 0.1) is 5.92 Å². The Labute approximate surface area is 77.6 Å². The van der Waals surface area contributed by atoms with Crippen LogP contribution >= 0.6 is 0 Å². The average Bonchev–Trinajstić information content (AvgIpc) is 2.02. The van der Waals surface area contributed by atoms with E-state index >= 15 is 0 Å². The molecule has 0 aromatic rings. The van der Waals surface area contributed by atoms with E-state index in [4.69, 9.17) is 5.73 Å². The van der Waals surface area contributed by atoms with Crippen molar-refractivity contribution >= 4 is 0 Å². The first kappa shape index (κ1) is 11.9. The number of hydrogen-bond acceptors (Lipinski definition) is 1. The summed E-state index contributed by atoms with van der Waals surface area (Å²) in [5, 5.41) is 0. The molecule has 0 fully saturated rings. The van der Waals surface area contributed by atoms with E-state index in [0.29, 0.717) is 5.70 Å². The van der Waals surface area contributed by atoms with E-state index in [2.05, 4.69) is 6.58 Å². The van der Waals surface area contributed by atoms with Crippen molar-refractivity contribution in [1.29, 1.82) is 0 Å². The predicted molar refractivity (Wildman–Crippen MR) is 51.4 cm³/mol. The Balaban J connectivity index is 4.21. The lowest BCUT2D eigenvalue weighted by Gasteiger charge is -2.14. The van der Waals surface area contributed by atoms with E-state index in [1.54, 1.807) is 0 Å². The zero-order valence-corrected chi connectivity index (χ0v) is 7.93. The second-order valence-electron chi connectivity index (χ2n) is 3.00. The molecule has 0 rings (SSSR count). The molecule has 1 unspecified atom stereocenters. The van der Waals surface area contributed by atoms with Gasteiger partial charge in [0.1, 0.15) is 0 Å². The number of hydrogen-bond donors (Lipinski definition) is 1. The van der Waals surface area contributed by atoms with E-state index in [1.165, 1.54) is 31.2 Å². The van der Waals surface area contributed by atoms with Crippen molar-refractivity contribution in [3.05, 3.63) is 36.6 Å². The fourth-order valence-electron chi connectivity index (χ4n) is 0.570. The van der Waals surface area contributed by atoms with Crippen LogP contribution in [0.3, 0.4) is 0 Å². The predicted octanol–water partition coefficient (Wildman–Crippen LogP) is 2.86. The molecular weight excluding hydrogens is 172 g/mol. The topological polar surface area (TPSA) is 26.0 Å². The molecule has 0 aliphatic heterocycles. The highest BCUT2D eigenvalue weighted by Gasteiger charge is 2.27. The van der Waals surface area contributed by atoms with Crippen molar-refractivity contribution < 1.29 is 8.78 Å². The smallest absolute Gasteiger partial charge is 0.251 e. The second kappa shape index (κ2) is 4.80. The molecule has 0 aromatic heterocycles. The normalized spacial score (nSPS) is 16.2. The molecule has 0 heterocycles. The van der Waals surface area contributed by atoms with Gasteiger partial charge in [0.05, 0.1) is 0 Å². The van der Waals surface area contributed by atoms with E-state index in [9.17, 15) is 8.78 Å². The Morgan fingerprint density at radius 1 is 1.54 bits per heavy atom. The van der Waals surface area contributed by atoms with Gasteiger partial charge in [-0.2, -0.15) is 0 Å². The van der Waals surface area contributed by atoms with Gasteiger partial charge in [0.15, 0.2) is 0 Å². The minimum absolute atomic E-state index is 0.461. The van der Waals surface area contributed by atoms with Crippen LogP contribution < -0.4 is 5.73 Å². The number of allylic oxidation sites excluding steroid dienone is 4. The molecule has 1 atom stereocenters. The van der Waals surface area contributed by atoms with Crippen LogP contribution in [-0.2, 0) is 0 Å². The van der Waals surface area contributed by atoms with E-state index in [1.807, 2.05) is 0 Å². The first-order valence-electron chi connectivity index (χ1n) is 4.02. The SMILES string of the molecule is C=C/C(N)=C\C=CC(C)C(C)(F)F. The maximum atomic E-state index is 12.6. The second-order valence-corrected chi connectivity index (χ2v) is 3.00. The summed E-state index contributed by atoms with van der Waals surface area (Å²) in [6.07, 6.45) is 5.92. The van der Waals surface area contributed by atoms with Crippen molar-refractivity contribution in [3.63, 3.8) is 0 Å². The minimum Gasteiger partial charge on any atom is -0.399 e. The first-order valence-corrected chi connectivity index (χ1v) is 4.02. The molecule has 0 amide bonds. The van der Waals surface area contributed by atoms with Gasteiger partial charge >= 0.3 is 0 Å². The summed E-state index contributed by atoms with van der Waals surface area (Å²) in [4.78, 5) is 0. The molecule has 0 aromatic carbocycles. The summed E-state index contributed by atoms with van der Waals surface area (Å²) in [6.45, 7) is 5.78. The third-order valence-corrected chi connectivity index (χ3v) is 1.72. The van der Waals surface area contributed by atoms with Crippen LogP contribution in [0.4, 0.5) is 8.78 Å². The van der Waals surface area contributed by atoms with Crippen LogP contribution in [0.2, 0.25) is 0 Å². The molecule has 1 nitrogen and oxygen atoms in total. The van der Waals surface area contributed by atoms with Gasteiger partial charge in [-0.3, -0.25) is 0 Å². The maximum absolute atomic E-state index is 12.6. The summed E-state index contributed by atoms with van der Waals surface area (Å²) in [7, 11) is 0. The largest absolute Gasteiger partial charge is 0.399 e. The molecule has 0 saturated heterocycles. The highest BCUT2D eigenvalue weighted by atomic mass is 19.3. The highest BCUT2D eigenvalue weighted by molar-refractivity contribution is 5.19. The third-order valence-electron chi connectivity index (χ3n) is 1.72. The molecule has 0 spiro atoms. The third kappa shape index (κ3) is 5.17.